The first-order valence-electron chi connectivity index (χ1n) is 7.76. The molecular formula is C16H26N2OS. The Balaban J connectivity index is 1.94. The smallest absolute Gasteiger partial charge is 0.227 e. The van der Waals surface area contributed by atoms with Crippen molar-refractivity contribution in [3.8, 4) is 0 Å². The molecule has 0 radical (unpaired) electrons. The number of hydrogen-bond donors (Lipinski definition) is 2. The molecule has 112 valence electrons. The van der Waals surface area contributed by atoms with Crippen LogP contribution >= 0.6 is 11.3 Å². The van der Waals surface area contributed by atoms with Crippen LogP contribution in [0.2, 0.25) is 0 Å². The molecule has 0 spiro atoms. The molecule has 1 aromatic heterocycles. The van der Waals surface area contributed by atoms with Gasteiger partial charge in [-0.15, -0.1) is 11.3 Å². The van der Waals surface area contributed by atoms with Gasteiger partial charge in [-0.05, 0) is 31.4 Å². The highest BCUT2D eigenvalue weighted by atomic mass is 32.1. The van der Waals surface area contributed by atoms with Crippen LogP contribution in [0.5, 0.6) is 0 Å². The first-order valence-corrected chi connectivity index (χ1v) is 8.58. The van der Waals surface area contributed by atoms with Gasteiger partial charge < -0.3 is 11.1 Å². The number of amides is 1. The van der Waals surface area contributed by atoms with Crippen molar-refractivity contribution in [2.75, 3.05) is 6.54 Å². The lowest BCUT2D eigenvalue weighted by Gasteiger charge is -2.29. The zero-order valence-electron chi connectivity index (χ0n) is 12.4. The fourth-order valence-electron chi connectivity index (χ4n) is 2.99. The van der Waals surface area contributed by atoms with E-state index in [2.05, 4.69) is 24.4 Å². The van der Waals surface area contributed by atoms with E-state index in [0.717, 1.165) is 32.1 Å². The topological polar surface area (TPSA) is 55.1 Å². The van der Waals surface area contributed by atoms with Crippen LogP contribution in [-0.2, 0) is 17.8 Å². The van der Waals surface area contributed by atoms with E-state index in [4.69, 9.17) is 5.73 Å². The molecule has 0 bridgehead atoms. The van der Waals surface area contributed by atoms with E-state index in [1.54, 1.807) is 11.3 Å². The standard InChI is InChI=1S/C16H26N2OS/c1-2-13-7-8-14(20-13)11-18-15(19)16(12-17)9-5-3-4-6-10-16/h7-8H,2-6,9-12,17H2,1H3,(H,18,19). The summed E-state index contributed by atoms with van der Waals surface area (Å²) >= 11 is 1.79. The summed E-state index contributed by atoms with van der Waals surface area (Å²) in [6.45, 7) is 3.28. The molecular weight excluding hydrogens is 268 g/mol. The molecule has 1 aliphatic rings. The Hall–Kier alpha value is -0.870. The first kappa shape index (κ1) is 15.5. The maximum Gasteiger partial charge on any atom is 0.227 e. The van der Waals surface area contributed by atoms with Gasteiger partial charge in [-0.1, -0.05) is 32.6 Å². The number of nitrogens with two attached hydrogens (primary N) is 1. The van der Waals surface area contributed by atoms with Crippen molar-refractivity contribution in [1.82, 2.24) is 5.32 Å². The number of nitrogens with one attached hydrogen (secondary N) is 1. The van der Waals surface area contributed by atoms with Gasteiger partial charge in [0.05, 0.1) is 12.0 Å². The highest BCUT2D eigenvalue weighted by Gasteiger charge is 2.36. The van der Waals surface area contributed by atoms with E-state index < -0.39 is 0 Å². The van der Waals surface area contributed by atoms with Crippen LogP contribution in [-0.4, -0.2) is 12.5 Å². The third-order valence-corrected chi connectivity index (χ3v) is 5.65. The summed E-state index contributed by atoms with van der Waals surface area (Å²) in [6, 6.07) is 4.27. The van der Waals surface area contributed by atoms with Crippen LogP contribution in [0.15, 0.2) is 12.1 Å². The number of carbonyl (C=O) groups is 1. The Labute approximate surface area is 125 Å². The van der Waals surface area contributed by atoms with Crippen molar-refractivity contribution in [3.05, 3.63) is 21.9 Å². The Bertz CT molecular complexity index is 433. The second-order valence-electron chi connectivity index (χ2n) is 5.80. The second-order valence-corrected chi connectivity index (χ2v) is 7.06. The predicted molar refractivity (Wildman–Crippen MR) is 84.7 cm³/mol. The van der Waals surface area contributed by atoms with Crippen molar-refractivity contribution in [3.63, 3.8) is 0 Å². The summed E-state index contributed by atoms with van der Waals surface area (Å²) < 4.78 is 0. The third kappa shape index (κ3) is 3.61. The molecule has 1 saturated carbocycles. The Morgan fingerprint density at radius 3 is 2.45 bits per heavy atom. The highest BCUT2D eigenvalue weighted by Crippen LogP contribution is 2.34. The monoisotopic (exact) mass is 294 g/mol. The number of hydrogen-bond acceptors (Lipinski definition) is 3. The molecule has 0 aromatic carbocycles. The summed E-state index contributed by atoms with van der Waals surface area (Å²) in [5.41, 5.74) is 5.63. The molecule has 1 fully saturated rings. The molecule has 1 amide bonds. The maximum absolute atomic E-state index is 12.6. The highest BCUT2D eigenvalue weighted by molar-refractivity contribution is 7.11. The third-order valence-electron chi connectivity index (χ3n) is 4.42. The fraction of sp³-hybridized carbons (Fsp3) is 0.688. The molecule has 1 aromatic rings. The summed E-state index contributed by atoms with van der Waals surface area (Å²) in [5.74, 6) is 0.161. The molecule has 3 N–H and O–H groups in total. The van der Waals surface area contributed by atoms with Gasteiger partial charge in [0.25, 0.3) is 0 Å². The molecule has 0 unspecified atom stereocenters. The molecule has 1 heterocycles. The normalized spacial score (nSPS) is 18.5. The molecule has 0 aliphatic heterocycles. The molecule has 3 nitrogen and oxygen atoms in total. The second kappa shape index (κ2) is 7.23. The van der Waals surface area contributed by atoms with Gasteiger partial charge in [0.15, 0.2) is 0 Å². The zero-order chi connectivity index (χ0) is 14.4. The molecule has 0 atom stereocenters. The van der Waals surface area contributed by atoms with Crippen LogP contribution in [0, 0.1) is 5.41 Å². The summed E-state index contributed by atoms with van der Waals surface area (Å²) in [6.07, 6.45) is 7.68. The Kier molecular flexibility index (Phi) is 5.61. The number of thiophene rings is 1. The summed E-state index contributed by atoms with van der Waals surface area (Å²) in [4.78, 5) is 15.2. The van der Waals surface area contributed by atoms with Gasteiger partial charge >= 0.3 is 0 Å². The number of carbonyl (C=O) groups excluding carboxylic acids is 1. The van der Waals surface area contributed by atoms with Crippen LogP contribution in [0.3, 0.4) is 0 Å². The lowest BCUT2D eigenvalue weighted by atomic mass is 9.79. The minimum Gasteiger partial charge on any atom is -0.351 e. The Morgan fingerprint density at radius 2 is 1.90 bits per heavy atom. The zero-order valence-corrected chi connectivity index (χ0v) is 13.2. The summed E-state index contributed by atoms with van der Waals surface area (Å²) in [7, 11) is 0. The lowest BCUT2D eigenvalue weighted by molar-refractivity contribution is -0.131. The van der Waals surface area contributed by atoms with E-state index in [-0.39, 0.29) is 11.3 Å². The quantitative estimate of drug-likeness (QED) is 0.819. The molecule has 2 rings (SSSR count). The van der Waals surface area contributed by atoms with E-state index in [9.17, 15) is 4.79 Å². The van der Waals surface area contributed by atoms with Crippen molar-refractivity contribution in [1.29, 1.82) is 0 Å². The molecule has 0 saturated heterocycles. The Morgan fingerprint density at radius 1 is 1.25 bits per heavy atom. The van der Waals surface area contributed by atoms with Gasteiger partial charge in [-0.25, -0.2) is 0 Å². The van der Waals surface area contributed by atoms with Crippen molar-refractivity contribution in [2.24, 2.45) is 11.1 Å². The molecule has 4 heteroatoms. The molecule has 20 heavy (non-hydrogen) atoms. The average molecular weight is 294 g/mol. The van der Waals surface area contributed by atoms with Crippen molar-refractivity contribution < 1.29 is 4.79 Å². The van der Waals surface area contributed by atoms with Crippen LogP contribution in [0.1, 0.15) is 55.2 Å². The fourth-order valence-corrected chi connectivity index (χ4v) is 3.89. The van der Waals surface area contributed by atoms with Crippen LogP contribution < -0.4 is 11.1 Å². The van der Waals surface area contributed by atoms with Crippen molar-refractivity contribution >= 4 is 17.2 Å². The van der Waals surface area contributed by atoms with Crippen LogP contribution in [0.25, 0.3) is 0 Å². The van der Waals surface area contributed by atoms with Gasteiger partial charge in [-0.2, -0.15) is 0 Å². The largest absolute Gasteiger partial charge is 0.351 e. The molecule has 1 aliphatic carbocycles. The number of rotatable bonds is 5. The average Bonchev–Trinajstić information content (AvgIpc) is 2.80. The summed E-state index contributed by atoms with van der Waals surface area (Å²) in [5, 5.41) is 3.12. The van der Waals surface area contributed by atoms with Gasteiger partial charge in [0, 0.05) is 16.3 Å². The van der Waals surface area contributed by atoms with E-state index in [1.165, 1.54) is 22.6 Å². The first-order chi connectivity index (χ1) is 9.70. The van der Waals surface area contributed by atoms with E-state index >= 15 is 0 Å². The number of aryl methyl sites for hydroxylation is 1. The van der Waals surface area contributed by atoms with Crippen molar-refractivity contribution in [2.45, 2.75) is 58.4 Å². The van der Waals surface area contributed by atoms with Gasteiger partial charge in [-0.3, -0.25) is 4.79 Å². The predicted octanol–water partition coefficient (Wildman–Crippen LogP) is 3.23. The van der Waals surface area contributed by atoms with E-state index in [0.29, 0.717) is 13.1 Å². The van der Waals surface area contributed by atoms with Crippen LogP contribution in [0.4, 0.5) is 0 Å². The minimum atomic E-state index is -0.318. The SMILES string of the molecule is CCc1ccc(CNC(=O)C2(CN)CCCCCC2)s1. The maximum atomic E-state index is 12.6. The van der Waals surface area contributed by atoms with Gasteiger partial charge in [0.1, 0.15) is 0 Å². The minimum absolute atomic E-state index is 0.161. The lowest BCUT2D eigenvalue weighted by Crippen LogP contribution is -2.45. The van der Waals surface area contributed by atoms with Gasteiger partial charge in [0.2, 0.25) is 5.91 Å². The van der Waals surface area contributed by atoms with E-state index in [1.807, 2.05) is 0 Å².